The van der Waals surface area contributed by atoms with Crippen LogP contribution in [0.15, 0.2) is 16.2 Å². The average molecular weight is 236 g/mol. The van der Waals surface area contributed by atoms with Crippen molar-refractivity contribution in [1.82, 2.24) is 10.1 Å². The molecular formula is C12H16N2O3. The summed E-state index contributed by atoms with van der Waals surface area (Å²) in [7, 11) is 0. The molecule has 17 heavy (non-hydrogen) atoms. The van der Waals surface area contributed by atoms with Gasteiger partial charge in [-0.3, -0.25) is 4.90 Å². The number of aromatic nitrogens is 1. The highest BCUT2D eigenvalue weighted by Crippen LogP contribution is 2.18. The summed E-state index contributed by atoms with van der Waals surface area (Å²) in [4.78, 5) is 13.0. The summed E-state index contributed by atoms with van der Waals surface area (Å²) in [6, 6.07) is 0. The summed E-state index contributed by atoms with van der Waals surface area (Å²) in [6.45, 7) is 5.85. The molecule has 1 N–H and O–H groups in total. The van der Waals surface area contributed by atoms with Crippen molar-refractivity contribution in [2.75, 3.05) is 13.1 Å². The summed E-state index contributed by atoms with van der Waals surface area (Å²) >= 11 is 0. The molecule has 0 atom stereocenters. The van der Waals surface area contributed by atoms with Crippen LogP contribution in [0.3, 0.4) is 0 Å². The lowest BCUT2D eigenvalue weighted by atomic mass is 10.1. The zero-order valence-electron chi connectivity index (χ0n) is 10.1. The molecule has 1 aliphatic rings. The molecule has 5 heteroatoms. The number of hydrogen-bond donors (Lipinski definition) is 1. The average Bonchev–Trinajstić information content (AvgIpc) is 2.61. The van der Waals surface area contributed by atoms with Crippen molar-refractivity contribution in [3.63, 3.8) is 0 Å². The zero-order chi connectivity index (χ0) is 12.4. The Morgan fingerprint density at radius 3 is 2.94 bits per heavy atom. The number of hydrogen-bond acceptors (Lipinski definition) is 4. The minimum atomic E-state index is -0.825. The molecule has 92 valence electrons. The molecule has 1 aromatic heterocycles. The van der Waals surface area contributed by atoms with Crippen LogP contribution in [-0.4, -0.2) is 34.2 Å². The minimum Gasteiger partial charge on any atom is -0.478 e. The maximum atomic E-state index is 10.9. The lowest BCUT2D eigenvalue weighted by molar-refractivity contribution is -0.133. The van der Waals surface area contributed by atoms with E-state index in [9.17, 15) is 4.79 Å². The monoisotopic (exact) mass is 236 g/mol. The van der Waals surface area contributed by atoms with Crippen molar-refractivity contribution < 1.29 is 14.4 Å². The normalized spacial score (nSPS) is 16.9. The molecule has 0 bridgehead atoms. The molecule has 1 aromatic rings. The topological polar surface area (TPSA) is 66.6 Å². The van der Waals surface area contributed by atoms with Crippen LogP contribution in [0.25, 0.3) is 0 Å². The van der Waals surface area contributed by atoms with Gasteiger partial charge in [-0.25, -0.2) is 4.79 Å². The largest absolute Gasteiger partial charge is 0.478 e. The molecule has 1 aliphatic heterocycles. The van der Waals surface area contributed by atoms with E-state index in [2.05, 4.69) is 10.1 Å². The highest BCUT2D eigenvalue weighted by molar-refractivity contribution is 5.87. The maximum absolute atomic E-state index is 10.9. The van der Waals surface area contributed by atoms with E-state index in [1.807, 2.05) is 13.8 Å². The summed E-state index contributed by atoms with van der Waals surface area (Å²) in [5.74, 6) is -0.0117. The van der Waals surface area contributed by atoms with Gasteiger partial charge >= 0.3 is 5.97 Å². The molecule has 0 amide bonds. The Bertz CT molecular complexity index is 443. The van der Waals surface area contributed by atoms with Gasteiger partial charge in [0.2, 0.25) is 0 Å². The Morgan fingerprint density at radius 2 is 2.35 bits per heavy atom. The first-order valence-electron chi connectivity index (χ1n) is 5.64. The molecule has 2 heterocycles. The number of carboxylic acid groups (broad SMARTS) is 1. The second-order valence-electron chi connectivity index (χ2n) is 4.34. The standard InChI is InChI=1S/C12H16N2O3/c1-8-11(9(2)17-13-8)7-14-5-3-4-10(6-14)12(15)16/h4H,3,5-7H2,1-2H3,(H,15,16). The van der Waals surface area contributed by atoms with Crippen molar-refractivity contribution in [2.24, 2.45) is 0 Å². The number of carboxylic acids is 1. The Morgan fingerprint density at radius 1 is 1.59 bits per heavy atom. The first kappa shape index (κ1) is 11.9. The van der Waals surface area contributed by atoms with Gasteiger partial charge in [0, 0.05) is 30.8 Å². The third kappa shape index (κ3) is 2.55. The summed E-state index contributed by atoms with van der Waals surface area (Å²) in [5, 5.41) is 12.9. The molecule has 0 aromatic carbocycles. The van der Waals surface area contributed by atoms with Gasteiger partial charge in [-0.15, -0.1) is 0 Å². The molecule has 0 saturated carbocycles. The Balaban J connectivity index is 2.06. The van der Waals surface area contributed by atoms with E-state index in [1.165, 1.54) is 0 Å². The van der Waals surface area contributed by atoms with E-state index in [0.717, 1.165) is 30.0 Å². The van der Waals surface area contributed by atoms with E-state index in [4.69, 9.17) is 9.63 Å². The molecule has 0 aliphatic carbocycles. The Hall–Kier alpha value is -1.62. The van der Waals surface area contributed by atoms with Crippen molar-refractivity contribution in [2.45, 2.75) is 26.8 Å². The van der Waals surface area contributed by atoms with Crippen LogP contribution in [0.1, 0.15) is 23.4 Å². The maximum Gasteiger partial charge on any atom is 0.332 e. The van der Waals surface area contributed by atoms with Crippen molar-refractivity contribution >= 4 is 5.97 Å². The second-order valence-corrected chi connectivity index (χ2v) is 4.34. The molecule has 0 saturated heterocycles. The smallest absolute Gasteiger partial charge is 0.332 e. The van der Waals surface area contributed by atoms with Crippen LogP contribution >= 0.6 is 0 Å². The van der Waals surface area contributed by atoms with Gasteiger partial charge in [-0.05, 0) is 20.3 Å². The molecular weight excluding hydrogens is 220 g/mol. The van der Waals surface area contributed by atoms with E-state index in [-0.39, 0.29) is 0 Å². The first-order valence-corrected chi connectivity index (χ1v) is 5.64. The predicted molar refractivity (Wildman–Crippen MR) is 61.6 cm³/mol. The molecule has 0 spiro atoms. The van der Waals surface area contributed by atoms with E-state index in [1.54, 1.807) is 6.08 Å². The molecule has 0 radical (unpaired) electrons. The SMILES string of the molecule is Cc1noc(C)c1CN1CCC=C(C(=O)O)C1. The van der Waals surface area contributed by atoms with Crippen molar-refractivity contribution in [3.05, 3.63) is 28.7 Å². The van der Waals surface area contributed by atoms with Crippen molar-refractivity contribution in [3.8, 4) is 0 Å². The highest BCUT2D eigenvalue weighted by atomic mass is 16.5. The number of nitrogens with zero attached hydrogens (tertiary/aromatic N) is 2. The molecule has 5 nitrogen and oxygen atoms in total. The van der Waals surface area contributed by atoms with Gasteiger partial charge in [0.15, 0.2) is 0 Å². The Labute approximate surface area is 99.7 Å². The minimum absolute atomic E-state index is 0.475. The highest BCUT2D eigenvalue weighted by Gasteiger charge is 2.20. The third-order valence-electron chi connectivity index (χ3n) is 3.07. The summed E-state index contributed by atoms with van der Waals surface area (Å²) < 4.78 is 5.10. The van der Waals surface area contributed by atoms with Crippen LogP contribution in [0.5, 0.6) is 0 Å². The van der Waals surface area contributed by atoms with Crippen LogP contribution < -0.4 is 0 Å². The van der Waals surface area contributed by atoms with Crippen LogP contribution in [0.2, 0.25) is 0 Å². The van der Waals surface area contributed by atoms with Crippen LogP contribution in [-0.2, 0) is 11.3 Å². The quantitative estimate of drug-likeness (QED) is 0.861. The Kier molecular flexibility index (Phi) is 3.28. The van der Waals surface area contributed by atoms with Crippen LogP contribution in [0.4, 0.5) is 0 Å². The van der Waals surface area contributed by atoms with Gasteiger partial charge in [-0.1, -0.05) is 11.2 Å². The van der Waals surface area contributed by atoms with Gasteiger partial charge in [-0.2, -0.15) is 0 Å². The van der Waals surface area contributed by atoms with Crippen LogP contribution in [0, 0.1) is 13.8 Å². The fraction of sp³-hybridized carbons (Fsp3) is 0.500. The summed E-state index contributed by atoms with van der Waals surface area (Å²) in [6.07, 6.45) is 2.58. The van der Waals surface area contributed by atoms with Gasteiger partial charge < -0.3 is 9.63 Å². The van der Waals surface area contributed by atoms with E-state index in [0.29, 0.717) is 18.7 Å². The second kappa shape index (κ2) is 4.71. The predicted octanol–water partition coefficient (Wildman–Crippen LogP) is 1.51. The first-order chi connectivity index (χ1) is 8.08. The molecule has 0 unspecified atom stereocenters. The number of carbonyl (C=O) groups is 1. The van der Waals surface area contributed by atoms with Gasteiger partial charge in [0.05, 0.1) is 5.69 Å². The third-order valence-corrected chi connectivity index (χ3v) is 3.07. The number of rotatable bonds is 3. The van der Waals surface area contributed by atoms with Crippen molar-refractivity contribution in [1.29, 1.82) is 0 Å². The fourth-order valence-corrected chi connectivity index (χ4v) is 2.05. The molecule has 0 fully saturated rings. The van der Waals surface area contributed by atoms with E-state index >= 15 is 0 Å². The zero-order valence-corrected chi connectivity index (χ0v) is 10.1. The van der Waals surface area contributed by atoms with Gasteiger partial charge in [0.25, 0.3) is 0 Å². The van der Waals surface area contributed by atoms with Gasteiger partial charge in [0.1, 0.15) is 5.76 Å². The molecule has 2 rings (SSSR count). The fourth-order valence-electron chi connectivity index (χ4n) is 2.05. The number of aryl methyl sites for hydroxylation is 2. The lowest BCUT2D eigenvalue weighted by Crippen LogP contribution is -2.32. The summed E-state index contributed by atoms with van der Waals surface area (Å²) in [5.41, 5.74) is 2.42. The lowest BCUT2D eigenvalue weighted by Gasteiger charge is -2.25. The number of aliphatic carboxylic acids is 1. The van der Waals surface area contributed by atoms with E-state index < -0.39 is 5.97 Å².